The molecular weight excluding hydrogens is 518 g/mol. The maximum atomic E-state index is 4.67. The lowest BCUT2D eigenvalue weighted by atomic mass is 9.85. The van der Waals surface area contributed by atoms with Gasteiger partial charge in [0.05, 0.1) is 5.69 Å². The predicted octanol–water partition coefficient (Wildman–Crippen LogP) is 11.5. The maximum absolute atomic E-state index is 4.67. The zero-order valence-corrected chi connectivity index (χ0v) is 24.0. The van der Waals surface area contributed by atoms with Crippen LogP contribution in [-0.2, 0) is 0 Å². The molecule has 0 spiro atoms. The normalized spacial score (nSPS) is 11.4. The van der Waals surface area contributed by atoms with Crippen molar-refractivity contribution in [3.05, 3.63) is 163 Å². The summed E-state index contributed by atoms with van der Waals surface area (Å²) in [5.41, 5.74) is 10.7. The first-order valence-electron chi connectivity index (χ1n) is 14.8. The van der Waals surface area contributed by atoms with E-state index >= 15 is 0 Å². The third-order valence-corrected chi connectivity index (χ3v) is 8.60. The fraction of sp³-hybridized carbons (Fsp3) is 0.0238. The van der Waals surface area contributed by atoms with E-state index in [9.17, 15) is 0 Å². The monoisotopic (exact) mass is 547 g/mol. The maximum Gasteiger partial charge on any atom is 0.0731 e. The number of hydrogen-bond donors (Lipinski definition) is 0. The lowest BCUT2D eigenvalue weighted by Gasteiger charge is -2.18. The van der Waals surface area contributed by atoms with Crippen molar-refractivity contribution in [2.75, 3.05) is 0 Å². The van der Waals surface area contributed by atoms with Crippen molar-refractivity contribution in [1.29, 1.82) is 0 Å². The summed E-state index contributed by atoms with van der Waals surface area (Å²) in [7, 11) is 0. The zero-order chi connectivity index (χ0) is 28.8. The third-order valence-electron chi connectivity index (χ3n) is 8.60. The molecule has 202 valence electrons. The highest BCUT2D eigenvalue weighted by molar-refractivity contribution is 6.21. The molecule has 8 rings (SSSR count). The Morgan fingerprint density at radius 2 is 0.884 bits per heavy atom. The molecule has 8 aromatic rings. The van der Waals surface area contributed by atoms with E-state index in [4.69, 9.17) is 0 Å². The van der Waals surface area contributed by atoms with Gasteiger partial charge in [0.15, 0.2) is 0 Å². The quantitative estimate of drug-likeness (QED) is 0.200. The van der Waals surface area contributed by atoms with Crippen LogP contribution in [0.15, 0.2) is 158 Å². The third kappa shape index (κ3) is 4.38. The number of hydrogen-bond acceptors (Lipinski definition) is 1. The molecule has 0 saturated carbocycles. The molecule has 0 atom stereocenters. The summed E-state index contributed by atoms with van der Waals surface area (Å²) in [4.78, 5) is 4.67. The molecule has 0 aliphatic heterocycles. The van der Waals surface area contributed by atoms with Gasteiger partial charge in [0.25, 0.3) is 0 Å². The van der Waals surface area contributed by atoms with Gasteiger partial charge in [-0.25, -0.2) is 0 Å². The van der Waals surface area contributed by atoms with Crippen LogP contribution in [0.4, 0.5) is 0 Å². The topological polar surface area (TPSA) is 12.9 Å². The minimum Gasteiger partial charge on any atom is -0.256 e. The van der Waals surface area contributed by atoms with Crippen LogP contribution in [0.1, 0.15) is 5.56 Å². The molecule has 7 aromatic carbocycles. The van der Waals surface area contributed by atoms with Crippen molar-refractivity contribution in [3.8, 4) is 44.6 Å². The molecule has 1 nitrogen and oxygen atoms in total. The van der Waals surface area contributed by atoms with E-state index in [1.54, 1.807) is 0 Å². The van der Waals surface area contributed by atoms with Gasteiger partial charge in [-0.2, -0.15) is 0 Å². The summed E-state index contributed by atoms with van der Waals surface area (Å²) in [5.74, 6) is 0. The van der Waals surface area contributed by atoms with Gasteiger partial charge in [-0.15, -0.1) is 0 Å². The van der Waals surface area contributed by atoms with Crippen molar-refractivity contribution < 1.29 is 0 Å². The largest absolute Gasteiger partial charge is 0.256 e. The highest BCUT2D eigenvalue weighted by Crippen LogP contribution is 2.44. The van der Waals surface area contributed by atoms with Crippen molar-refractivity contribution >= 4 is 32.3 Å². The minimum absolute atomic E-state index is 1.03. The smallest absolute Gasteiger partial charge is 0.0731 e. The minimum atomic E-state index is 1.03. The number of benzene rings is 7. The van der Waals surface area contributed by atoms with E-state index < -0.39 is 0 Å². The number of nitrogens with zero attached hydrogens (tertiary/aromatic N) is 1. The van der Waals surface area contributed by atoms with Crippen molar-refractivity contribution in [1.82, 2.24) is 4.98 Å². The first-order chi connectivity index (χ1) is 21.2. The predicted molar refractivity (Wildman–Crippen MR) is 183 cm³/mol. The van der Waals surface area contributed by atoms with Gasteiger partial charge in [-0.1, -0.05) is 127 Å². The van der Waals surface area contributed by atoms with Gasteiger partial charge in [0, 0.05) is 11.8 Å². The second kappa shape index (κ2) is 10.4. The molecule has 0 N–H and O–H groups in total. The van der Waals surface area contributed by atoms with Gasteiger partial charge in [-0.3, -0.25) is 4.98 Å². The van der Waals surface area contributed by atoms with Crippen LogP contribution in [0.25, 0.3) is 77.0 Å². The Morgan fingerprint density at radius 1 is 0.372 bits per heavy atom. The Bertz CT molecular complexity index is 2250. The number of aromatic nitrogens is 1. The Hall–Kier alpha value is -5.53. The summed E-state index contributed by atoms with van der Waals surface area (Å²) in [6.07, 6.45) is 1.87. The molecular formula is C42H29N. The Labute approximate surface area is 251 Å². The molecule has 43 heavy (non-hydrogen) atoms. The fourth-order valence-electron chi connectivity index (χ4n) is 6.58. The lowest BCUT2D eigenvalue weighted by molar-refractivity contribution is 1.27. The second-order valence-corrected chi connectivity index (χ2v) is 11.2. The van der Waals surface area contributed by atoms with Crippen LogP contribution < -0.4 is 0 Å². The number of rotatable bonds is 4. The van der Waals surface area contributed by atoms with Crippen LogP contribution in [0, 0.1) is 6.92 Å². The van der Waals surface area contributed by atoms with Gasteiger partial charge in [0.1, 0.15) is 0 Å². The molecule has 0 radical (unpaired) electrons. The molecule has 0 aliphatic rings. The van der Waals surface area contributed by atoms with Gasteiger partial charge in [-0.05, 0) is 102 Å². The van der Waals surface area contributed by atoms with E-state index in [1.807, 2.05) is 12.3 Å². The highest BCUT2D eigenvalue weighted by atomic mass is 14.7. The molecule has 0 amide bonds. The Kier molecular flexibility index (Phi) is 6.09. The molecule has 0 saturated heterocycles. The van der Waals surface area contributed by atoms with Crippen molar-refractivity contribution in [2.24, 2.45) is 0 Å². The highest BCUT2D eigenvalue weighted by Gasteiger charge is 2.17. The lowest BCUT2D eigenvalue weighted by Crippen LogP contribution is -1.91. The van der Waals surface area contributed by atoms with E-state index in [0.717, 1.165) is 11.3 Å². The number of pyridine rings is 1. The van der Waals surface area contributed by atoms with E-state index in [0.29, 0.717) is 0 Å². The van der Waals surface area contributed by atoms with Crippen LogP contribution in [0.5, 0.6) is 0 Å². The molecule has 0 aliphatic carbocycles. The molecule has 1 heterocycles. The van der Waals surface area contributed by atoms with Crippen molar-refractivity contribution in [3.63, 3.8) is 0 Å². The Morgan fingerprint density at radius 3 is 1.51 bits per heavy atom. The average molecular weight is 548 g/mol. The average Bonchev–Trinajstić information content (AvgIpc) is 3.07. The first kappa shape index (κ1) is 25.2. The zero-order valence-electron chi connectivity index (χ0n) is 24.0. The Balaban J connectivity index is 1.34. The fourth-order valence-corrected chi connectivity index (χ4v) is 6.58. The first-order valence-corrected chi connectivity index (χ1v) is 14.8. The number of aryl methyl sites for hydroxylation is 1. The van der Waals surface area contributed by atoms with Crippen LogP contribution in [-0.4, -0.2) is 4.98 Å². The summed E-state index contributed by atoms with van der Waals surface area (Å²) in [6, 6.07) is 55.0. The van der Waals surface area contributed by atoms with E-state index in [1.165, 1.54) is 71.3 Å². The molecule has 0 unspecified atom stereocenters. The van der Waals surface area contributed by atoms with Crippen molar-refractivity contribution in [2.45, 2.75) is 6.92 Å². The van der Waals surface area contributed by atoms with Gasteiger partial charge in [0.2, 0.25) is 0 Å². The summed E-state index contributed by atoms with van der Waals surface area (Å²) in [5, 5.41) is 7.58. The standard InChI is InChI=1S/C42H29N/c1-28-11-10-24-43-42(28)35-17-9-15-32(27-35)31-14-8-16-33(26-31)40-36-18-4-6-20-38(36)41(39-21-7-5-19-37(39)40)34-23-22-29-12-2-3-13-30(29)25-34/h2-27H,1H3. The second-order valence-electron chi connectivity index (χ2n) is 11.2. The van der Waals surface area contributed by atoms with Crippen LogP contribution in [0.2, 0.25) is 0 Å². The van der Waals surface area contributed by atoms with Crippen LogP contribution in [0.3, 0.4) is 0 Å². The summed E-state index contributed by atoms with van der Waals surface area (Å²) in [6.45, 7) is 2.12. The van der Waals surface area contributed by atoms with Crippen LogP contribution >= 0.6 is 0 Å². The molecule has 1 heteroatoms. The van der Waals surface area contributed by atoms with Gasteiger partial charge >= 0.3 is 0 Å². The van der Waals surface area contributed by atoms with E-state index in [-0.39, 0.29) is 0 Å². The molecule has 1 aromatic heterocycles. The SMILES string of the molecule is Cc1cccnc1-c1cccc(-c2cccc(-c3c4ccccc4c(-c4ccc5ccccc5c4)c4ccccc34)c2)c1. The molecule has 0 bridgehead atoms. The molecule has 0 fully saturated rings. The summed E-state index contributed by atoms with van der Waals surface area (Å²) < 4.78 is 0. The van der Waals surface area contributed by atoms with E-state index in [2.05, 4.69) is 158 Å². The number of fused-ring (bicyclic) bond motifs is 3. The van der Waals surface area contributed by atoms with Gasteiger partial charge < -0.3 is 0 Å². The summed E-state index contributed by atoms with van der Waals surface area (Å²) >= 11 is 0.